The Hall–Kier alpha value is -0.370. The number of Topliss-reactive ketones (excluding diaryl/α,β-unsaturated/α-hetero) is 1. The lowest BCUT2D eigenvalue weighted by Crippen LogP contribution is -2.44. The molecule has 0 aliphatic rings. The van der Waals surface area contributed by atoms with Crippen LogP contribution in [0.25, 0.3) is 0 Å². The first-order valence-corrected chi connectivity index (χ1v) is 4.55. The fraction of sp³-hybridized carbons (Fsp3) is 0.900. The summed E-state index contributed by atoms with van der Waals surface area (Å²) in [6.07, 6.45) is 0. The van der Waals surface area contributed by atoms with E-state index in [0.717, 1.165) is 6.54 Å². The van der Waals surface area contributed by atoms with E-state index in [4.69, 9.17) is 0 Å². The Bertz CT molecular complexity index is 163. The third kappa shape index (κ3) is 2.31. The summed E-state index contributed by atoms with van der Waals surface area (Å²) in [4.78, 5) is 13.5. The maximum absolute atomic E-state index is 11.3. The van der Waals surface area contributed by atoms with Gasteiger partial charge in [-0.1, -0.05) is 20.8 Å². The Morgan fingerprint density at radius 2 is 1.92 bits per heavy atom. The largest absolute Gasteiger partial charge is 0.303 e. The molecule has 0 fully saturated rings. The van der Waals surface area contributed by atoms with Crippen molar-refractivity contribution in [3.63, 3.8) is 0 Å². The second kappa shape index (κ2) is 4.04. The molecule has 0 bridgehead atoms. The van der Waals surface area contributed by atoms with E-state index in [1.54, 1.807) is 6.92 Å². The molecular weight excluding hydrogens is 150 g/mol. The molecule has 0 aromatic rings. The fourth-order valence-corrected chi connectivity index (χ4v) is 1.12. The van der Waals surface area contributed by atoms with Gasteiger partial charge < -0.3 is 4.90 Å². The van der Waals surface area contributed by atoms with Crippen molar-refractivity contribution in [3.05, 3.63) is 0 Å². The van der Waals surface area contributed by atoms with E-state index in [2.05, 4.69) is 25.8 Å². The lowest BCUT2D eigenvalue weighted by molar-refractivity contribution is -0.127. The van der Waals surface area contributed by atoms with Crippen molar-refractivity contribution < 1.29 is 4.79 Å². The van der Waals surface area contributed by atoms with Crippen molar-refractivity contribution in [1.82, 2.24) is 4.90 Å². The molecule has 0 aliphatic heterocycles. The monoisotopic (exact) mass is 171 g/mol. The highest BCUT2D eigenvalue weighted by molar-refractivity contribution is 5.82. The van der Waals surface area contributed by atoms with Gasteiger partial charge in [-0.3, -0.25) is 4.79 Å². The van der Waals surface area contributed by atoms with Gasteiger partial charge in [-0.25, -0.2) is 0 Å². The van der Waals surface area contributed by atoms with Crippen LogP contribution in [0, 0.1) is 5.41 Å². The van der Waals surface area contributed by atoms with Gasteiger partial charge in [0.1, 0.15) is 5.78 Å². The quantitative estimate of drug-likeness (QED) is 0.644. The number of carbonyl (C=O) groups excluding carboxylic acids is 1. The van der Waals surface area contributed by atoms with Crippen molar-refractivity contribution >= 4 is 5.78 Å². The zero-order valence-electron chi connectivity index (χ0n) is 9.14. The molecule has 0 aromatic heterocycles. The molecule has 0 saturated carbocycles. The van der Waals surface area contributed by atoms with E-state index < -0.39 is 0 Å². The molecule has 0 saturated heterocycles. The van der Waals surface area contributed by atoms with Gasteiger partial charge in [0.25, 0.3) is 0 Å². The molecule has 12 heavy (non-hydrogen) atoms. The first-order valence-electron chi connectivity index (χ1n) is 4.55. The number of carbonyl (C=O) groups is 1. The molecule has 1 unspecified atom stereocenters. The van der Waals surface area contributed by atoms with E-state index >= 15 is 0 Å². The van der Waals surface area contributed by atoms with Crippen LogP contribution in [0.1, 0.15) is 34.6 Å². The van der Waals surface area contributed by atoms with E-state index in [0.29, 0.717) is 6.04 Å². The third-order valence-corrected chi connectivity index (χ3v) is 3.11. The van der Waals surface area contributed by atoms with E-state index in [-0.39, 0.29) is 11.2 Å². The van der Waals surface area contributed by atoms with Crippen LogP contribution in [0.15, 0.2) is 0 Å². The first kappa shape index (κ1) is 11.6. The SMILES string of the molecule is CCN(C)C(C)C(C)(C)C(C)=O. The molecule has 0 amide bonds. The molecule has 0 spiro atoms. The predicted octanol–water partition coefficient (Wildman–Crippen LogP) is 1.94. The van der Waals surface area contributed by atoms with Crippen LogP contribution in [0.3, 0.4) is 0 Å². The maximum atomic E-state index is 11.3. The molecule has 1 atom stereocenters. The minimum atomic E-state index is -0.231. The fourth-order valence-electron chi connectivity index (χ4n) is 1.12. The Morgan fingerprint density at radius 1 is 1.50 bits per heavy atom. The second-order valence-corrected chi connectivity index (χ2v) is 4.03. The van der Waals surface area contributed by atoms with E-state index in [1.807, 2.05) is 13.8 Å². The summed E-state index contributed by atoms with van der Waals surface area (Å²) in [6.45, 7) is 10.9. The highest BCUT2D eigenvalue weighted by atomic mass is 16.1. The maximum Gasteiger partial charge on any atom is 0.136 e. The van der Waals surface area contributed by atoms with Crippen LogP contribution >= 0.6 is 0 Å². The third-order valence-electron chi connectivity index (χ3n) is 3.11. The van der Waals surface area contributed by atoms with E-state index in [1.165, 1.54) is 0 Å². The Morgan fingerprint density at radius 3 is 2.17 bits per heavy atom. The highest BCUT2D eigenvalue weighted by Gasteiger charge is 2.32. The van der Waals surface area contributed by atoms with Crippen molar-refractivity contribution in [2.45, 2.75) is 40.7 Å². The van der Waals surface area contributed by atoms with E-state index in [9.17, 15) is 4.79 Å². The van der Waals surface area contributed by atoms with Gasteiger partial charge in [0, 0.05) is 11.5 Å². The lowest BCUT2D eigenvalue weighted by Gasteiger charge is -2.35. The smallest absolute Gasteiger partial charge is 0.136 e. The average molecular weight is 171 g/mol. The summed E-state index contributed by atoms with van der Waals surface area (Å²) in [5.41, 5.74) is -0.231. The molecule has 2 nitrogen and oxygen atoms in total. The summed E-state index contributed by atoms with van der Waals surface area (Å²) in [5.74, 6) is 0.260. The van der Waals surface area contributed by atoms with Gasteiger partial charge in [0.15, 0.2) is 0 Å². The topological polar surface area (TPSA) is 20.3 Å². The van der Waals surface area contributed by atoms with Gasteiger partial charge in [-0.05, 0) is 27.4 Å². The Labute approximate surface area is 75.9 Å². The van der Waals surface area contributed by atoms with Gasteiger partial charge in [0.2, 0.25) is 0 Å². The van der Waals surface area contributed by atoms with Crippen molar-refractivity contribution in [3.8, 4) is 0 Å². The van der Waals surface area contributed by atoms with Gasteiger partial charge >= 0.3 is 0 Å². The standard InChI is InChI=1S/C10H21NO/c1-7-11(6)8(2)10(4,5)9(3)12/h8H,7H2,1-6H3. The normalized spacial score (nSPS) is 14.9. The zero-order valence-corrected chi connectivity index (χ0v) is 9.14. The van der Waals surface area contributed by atoms with Gasteiger partial charge in [-0.15, -0.1) is 0 Å². The molecule has 0 radical (unpaired) electrons. The lowest BCUT2D eigenvalue weighted by atomic mass is 9.81. The van der Waals surface area contributed by atoms with Crippen LogP contribution < -0.4 is 0 Å². The minimum absolute atomic E-state index is 0.231. The minimum Gasteiger partial charge on any atom is -0.303 e. The van der Waals surface area contributed by atoms with Gasteiger partial charge in [0.05, 0.1) is 0 Å². The first-order chi connectivity index (χ1) is 5.34. The number of rotatable bonds is 4. The number of hydrogen-bond donors (Lipinski definition) is 0. The summed E-state index contributed by atoms with van der Waals surface area (Å²) in [7, 11) is 2.05. The van der Waals surface area contributed by atoms with Crippen LogP contribution in [0.5, 0.6) is 0 Å². The predicted molar refractivity (Wildman–Crippen MR) is 52.2 cm³/mol. The van der Waals surface area contributed by atoms with Crippen molar-refractivity contribution in [1.29, 1.82) is 0 Å². The summed E-state index contributed by atoms with van der Waals surface area (Å²) in [6, 6.07) is 0.306. The summed E-state index contributed by atoms with van der Waals surface area (Å²) in [5, 5.41) is 0. The number of hydrogen-bond acceptors (Lipinski definition) is 2. The summed E-state index contributed by atoms with van der Waals surface area (Å²) < 4.78 is 0. The Kier molecular flexibility index (Phi) is 3.91. The average Bonchev–Trinajstić information content (AvgIpc) is 2.01. The molecule has 2 heteroatoms. The van der Waals surface area contributed by atoms with Crippen LogP contribution in [-0.2, 0) is 4.79 Å². The van der Waals surface area contributed by atoms with Crippen LogP contribution in [-0.4, -0.2) is 30.3 Å². The number of nitrogens with zero attached hydrogens (tertiary/aromatic N) is 1. The van der Waals surface area contributed by atoms with Crippen molar-refractivity contribution in [2.75, 3.05) is 13.6 Å². The molecule has 0 aromatic carbocycles. The number of ketones is 1. The molecule has 0 aliphatic carbocycles. The zero-order chi connectivity index (χ0) is 9.94. The highest BCUT2D eigenvalue weighted by Crippen LogP contribution is 2.24. The molecule has 0 N–H and O–H groups in total. The van der Waals surface area contributed by atoms with Crippen molar-refractivity contribution in [2.24, 2.45) is 5.41 Å². The van der Waals surface area contributed by atoms with Crippen LogP contribution in [0.2, 0.25) is 0 Å². The molecule has 0 heterocycles. The Balaban J connectivity index is 4.44. The summed E-state index contributed by atoms with van der Waals surface area (Å²) >= 11 is 0. The molecule has 0 rings (SSSR count). The molecule has 72 valence electrons. The second-order valence-electron chi connectivity index (χ2n) is 4.03. The van der Waals surface area contributed by atoms with Gasteiger partial charge in [-0.2, -0.15) is 0 Å². The molecular formula is C10H21NO. The van der Waals surface area contributed by atoms with Crippen LogP contribution in [0.4, 0.5) is 0 Å².